The third kappa shape index (κ3) is 5.10. The van der Waals surface area contributed by atoms with Crippen LogP contribution in [0.5, 0.6) is 0 Å². The molecule has 140 valence electrons. The van der Waals surface area contributed by atoms with E-state index in [2.05, 4.69) is 20.4 Å². The van der Waals surface area contributed by atoms with E-state index in [9.17, 15) is 9.18 Å². The lowest BCUT2D eigenvalue weighted by atomic mass is 10.2. The second-order valence-electron chi connectivity index (χ2n) is 6.22. The number of amides is 1. The standard InChI is InChI=1S/C19H20FN5O2/c1-25(2)16-11-10-15(12-21-16)22-17(26)4-3-5-18-23-19(24-27-18)13-6-8-14(20)9-7-13/h6-12H,3-5H2,1-2H3,(H,22,26). The van der Waals surface area contributed by atoms with Crippen LogP contribution in [0.15, 0.2) is 47.1 Å². The highest BCUT2D eigenvalue weighted by molar-refractivity contribution is 5.90. The fraction of sp³-hybridized carbons (Fsp3) is 0.263. The Hall–Kier alpha value is -3.29. The highest BCUT2D eigenvalue weighted by Gasteiger charge is 2.10. The Kier molecular flexibility index (Phi) is 5.75. The van der Waals surface area contributed by atoms with Gasteiger partial charge in [-0.2, -0.15) is 4.98 Å². The molecule has 0 unspecified atom stereocenters. The van der Waals surface area contributed by atoms with Gasteiger partial charge in [-0.25, -0.2) is 9.37 Å². The largest absolute Gasteiger partial charge is 0.363 e. The maximum Gasteiger partial charge on any atom is 0.226 e. The topological polar surface area (TPSA) is 84.2 Å². The van der Waals surface area contributed by atoms with Crippen LogP contribution in [0.4, 0.5) is 15.9 Å². The first-order valence-electron chi connectivity index (χ1n) is 8.53. The van der Waals surface area contributed by atoms with E-state index in [1.54, 1.807) is 18.3 Å². The van der Waals surface area contributed by atoms with E-state index in [1.807, 2.05) is 31.1 Å². The summed E-state index contributed by atoms with van der Waals surface area (Å²) < 4.78 is 18.1. The minimum atomic E-state index is -0.319. The van der Waals surface area contributed by atoms with Crippen LogP contribution in [0, 0.1) is 5.82 Å². The molecule has 1 N–H and O–H groups in total. The molecule has 0 aliphatic heterocycles. The Balaban J connectivity index is 1.47. The molecule has 0 bridgehead atoms. The quantitative estimate of drug-likeness (QED) is 0.688. The van der Waals surface area contributed by atoms with Crippen molar-refractivity contribution in [1.29, 1.82) is 0 Å². The highest BCUT2D eigenvalue weighted by atomic mass is 19.1. The van der Waals surface area contributed by atoms with E-state index in [0.717, 1.165) is 5.82 Å². The van der Waals surface area contributed by atoms with Crippen molar-refractivity contribution < 1.29 is 13.7 Å². The number of carbonyl (C=O) groups excluding carboxylic acids is 1. The van der Waals surface area contributed by atoms with Crippen molar-refractivity contribution in [3.05, 3.63) is 54.3 Å². The fourth-order valence-corrected chi connectivity index (χ4v) is 2.42. The van der Waals surface area contributed by atoms with Crippen LogP contribution in [0.2, 0.25) is 0 Å². The number of nitrogens with zero attached hydrogens (tertiary/aromatic N) is 4. The molecule has 0 aliphatic carbocycles. The van der Waals surface area contributed by atoms with Gasteiger partial charge in [0.25, 0.3) is 0 Å². The molecule has 27 heavy (non-hydrogen) atoms. The summed E-state index contributed by atoms with van der Waals surface area (Å²) in [5, 5.41) is 6.69. The monoisotopic (exact) mass is 369 g/mol. The minimum absolute atomic E-state index is 0.104. The summed E-state index contributed by atoms with van der Waals surface area (Å²) in [6.07, 6.45) is 3.00. The zero-order valence-corrected chi connectivity index (χ0v) is 15.1. The molecule has 0 aliphatic rings. The number of hydrogen-bond donors (Lipinski definition) is 1. The first kappa shape index (κ1) is 18.5. The van der Waals surface area contributed by atoms with Crippen LogP contribution in [0.25, 0.3) is 11.4 Å². The summed E-state index contributed by atoms with van der Waals surface area (Å²) in [4.78, 5) is 22.4. The number of aryl methyl sites for hydroxylation is 1. The smallest absolute Gasteiger partial charge is 0.226 e. The minimum Gasteiger partial charge on any atom is -0.363 e. The average Bonchev–Trinajstić information content (AvgIpc) is 3.11. The van der Waals surface area contributed by atoms with Gasteiger partial charge in [-0.15, -0.1) is 0 Å². The normalized spacial score (nSPS) is 10.6. The SMILES string of the molecule is CN(C)c1ccc(NC(=O)CCCc2nc(-c3ccc(F)cc3)no2)cn1. The first-order valence-corrected chi connectivity index (χ1v) is 8.53. The molecule has 0 atom stereocenters. The van der Waals surface area contributed by atoms with Gasteiger partial charge in [-0.3, -0.25) is 4.79 Å². The van der Waals surface area contributed by atoms with Crippen molar-refractivity contribution in [1.82, 2.24) is 15.1 Å². The number of nitrogens with one attached hydrogen (secondary N) is 1. The van der Waals surface area contributed by atoms with Crippen molar-refractivity contribution in [2.75, 3.05) is 24.3 Å². The molecule has 7 nitrogen and oxygen atoms in total. The number of rotatable bonds is 7. The predicted molar refractivity (Wildman–Crippen MR) is 99.8 cm³/mol. The lowest BCUT2D eigenvalue weighted by Crippen LogP contribution is -2.13. The van der Waals surface area contributed by atoms with Crippen molar-refractivity contribution >= 4 is 17.4 Å². The highest BCUT2D eigenvalue weighted by Crippen LogP contribution is 2.17. The number of aromatic nitrogens is 3. The Morgan fingerprint density at radius 1 is 1.19 bits per heavy atom. The number of hydrogen-bond acceptors (Lipinski definition) is 6. The summed E-state index contributed by atoms with van der Waals surface area (Å²) in [5.74, 6) is 1.25. The van der Waals surface area contributed by atoms with Crippen molar-refractivity contribution in [3.63, 3.8) is 0 Å². The van der Waals surface area contributed by atoms with Crippen LogP contribution in [0.3, 0.4) is 0 Å². The molecular weight excluding hydrogens is 349 g/mol. The Morgan fingerprint density at radius 2 is 1.96 bits per heavy atom. The average molecular weight is 369 g/mol. The molecule has 0 saturated heterocycles. The Bertz CT molecular complexity index is 891. The molecule has 3 rings (SSSR count). The molecule has 1 amide bonds. The summed E-state index contributed by atoms with van der Waals surface area (Å²) in [6.45, 7) is 0. The van der Waals surface area contributed by atoms with Gasteiger partial charge in [0, 0.05) is 32.5 Å². The van der Waals surface area contributed by atoms with Gasteiger partial charge < -0.3 is 14.7 Å². The van der Waals surface area contributed by atoms with Gasteiger partial charge in [0.2, 0.25) is 17.6 Å². The van der Waals surface area contributed by atoms with E-state index in [-0.39, 0.29) is 11.7 Å². The summed E-state index contributed by atoms with van der Waals surface area (Å²) in [5.41, 5.74) is 1.33. The van der Waals surface area contributed by atoms with E-state index in [0.29, 0.717) is 42.2 Å². The molecule has 8 heteroatoms. The van der Waals surface area contributed by atoms with Crippen LogP contribution >= 0.6 is 0 Å². The number of benzene rings is 1. The molecule has 0 saturated carbocycles. The van der Waals surface area contributed by atoms with Gasteiger partial charge in [0.1, 0.15) is 11.6 Å². The molecule has 2 heterocycles. The number of halogens is 1. The van der Waals surface area contributed by atoms with Crippen LogP contribution < -0.4 is 10.2 Å². The molecule has 3 aromatic rings. The molecular formula is C19H20FN5O2. The molecule has 1 aromatic carbocycles. The lowest BCUT2D eigenvalue weighted by molar-refractivity contribution is -0.116. The van der Waals surface area contributed by atoms with Gasteiger partial charge >= 0.3 is 0 Å². The van der Waals surface area contributed by atoms with Gasteiger partial charge in [0.15, 0.2) is 0 Å². The summed E-state index contributed by atoms with van der Waals surface area (Å²) in [6, 6.07) is 9.52. The molecule has 0 radical (unpaired) electrons. The second-order valence-corrected chi connectivity index (χ2v) is 6.22. The van der Waals surface area contributed by atoms with E-state index in [4.69, 9.17) is 4.52 Å². The Morgan fingerprint density at radius 3 is 2.63 bits per heavy atom. The van der Waals surface area contributed by atoms with Crippen molar-refractivity contribution in [2.24, 2.45) is 0 Å². The predicted octanol–water partition coefficient (Wildman–Crippen LogP) is 3.30. The van der Waals surface area contributed by atoms with Crippen LogP contribution in [-0.4, -0.2) is 35.1 Å². The lowest BCUT2D eigenvalue weighted by Gasteiger charge is -2.11. The van der Waals surface area contributed by atoms with Gasteiger partial charge in [-0.1, -0.05) is 5.16 Å². The molecule has 0 spiro atoms. The van der Waals surface area contributed by atoms with Crippen LogP contribution in [0.1, 0.15) is 18.7 Å². The summed E-state index contributed by atoms with van der Waals surface area (Å²) >= 11 is 0. The zero-order valence-electron chi connectivity index (χ0n) is 15.1. The molecule has 2 aromatic heterocycles. The zero-order chi connectivity index (χ0) is 19.2. The Labute approximate surface area is 156 Å². The maximum absolute atomic E-state index is 13.0. The van der Waals surface area contributed by atoms with Crippen LogP contribution in [-0.2, 0) is 11.2 Å². The number of pyridine rings is 1. The fourth-order valence-electron chi connectivity index (χ4n) is 2.42. The third-order valence-electron chi connectivity index (χ3n) is 3.85. The second kappa shape index (κ2) is 8.39. The number of anilines is 2. The van der Waals surface area contributed by atoms with E-state index >= 15 is 0 Å². The molecule has 0 fully saturated rings. The van der Waals surface area contributed by atoms with Crippen molar-refractivity contribution in [3.8, 4) is 11.4 Å². The maximum atomic E-state index is 13.0. The van der Waals surface area contributed by atoms with Crippen molar-refractivity contribution in [2.45, 2.75) is 19.3 Å². The third-order valence-corrected chi connectivity index (χ3v) is 3.85. The summed E-state index contributed by atoms with van der Waals surface area (Å²) in [7, 11) is 3.80. The number of carbonyl (C=O) groups is 1. The van der Waals surface area contributed by atoms with Gasteiger partial charge in [0.05, 0.1) is 11.9 Å². The first-order chi connectivity index (χ1) is 13.0. The van der Waals surface area contributed by atoms with E-state index < -0.39 is 0 Å². The van der Waals surface area contributed by atoms with Gasteiger partial charge in [-0.05, 0) is 42.8 Å². The van der Waals surface area contributed by atoms with E-state index in [1.165, 1.54) is 12.1 Å².